The SMILES string of the molecule is CC(=O)C1(c2cccc(OCc3cccc4ccc(=O)n(C)c34)c2)CCOCC1. The van der Waals surface area contributed by atoms with Gasteiger partial charge >= 0.3 is 0 Å². The molecule has 1 aromatic heterocycles. The molecule has 2 heterocycles. The average molecular weight is 391 g/mol. The molecular weight excluding hydrogens is 366 g/mol. The molecular formula is C24H25NO4. The molecule has 0 amide bonds. The average Bonchev–Trinajstić information content (AvgIpc) is 2.75. The number of hydrogen-bond acceptors (Lipinski definition) is 4. The van der Waals surface area contributed by atoms with Crippen LogP contribution in [0.25, 0.3) is 10.9 Å². The van der Waals surface area contributed by atoms with E-state index in [1.807, 2.05) is 48.5 Å². The lowest BCUT2D eigenvalue weighted by Crippen LogP contribution is -2.40. The second kappa shape index (κ2) is 7.84. The van der Waals surface area contributed by atoms with Gasteiger partial charge in [-0.1, -0.05) is 30.3 Å². The highest BCUT2D eigenvalue weighted by Crippen LogP contribution is 2.37. The first kappa shape index (κ1) is 19.4. The molecule has 0 bridgehead atoms. The van der Waals surface area contributed by atoms with Crippen molar-refractivity contribution in [1.82, 2.24) is 4.57 Å². The number of aromatic nitrogens is 1. The number of nitrogens with zero attached hydrogens (tertiary/aromatic N) is 1. The van der Waals surface area contributed by atoms with Crippen LogP contribution in [-0.2, 0) is 28.6 Å². The summed E-state index contributed by atoms with van der Waals surface area (Å²) in [6.45, 7) is 3.19. The van der Waals surface area contributed by atoms with E-state index in [1.165, 1.54) is 0 Å². The first-order valence-corrected chi connectivity index (χ1v) is 9.91. The van der Waals surface area contributed by atoms with Gasteiger partial charge in [-0.25, -0.2) is 0 Å². The van der Waals surface area contributed by atoms with Crippen molar-refractivity contribution in [3.05, 3.63) is 76.1 Å². The van der Waals surface area contributed by atoms with Crippen LogP contribution in [0.2, 0.25) is 0 Å². The van der Waals surface area contributed by atoms with Crippen LogP contribution in [0.4, 0.5) is 0 Å². The number of pyridine rings is 1. The van der Waals surface area contributed by atoms with Crippen LogP contribution in [0.5, 0.6) is 5.75 Å². The van der Waals surface area contributed by atoms with Gasteiger partial charge in [0.15, 0.2) is 0 Å². The first-order chi connectivity index (χ1) is 14.0. The molecule has 2 aromatic carbocycles. The van der Waals surface area contributed by atoms with Gasteiger partial charge in [0.2, 0.25) is 0 Å². The minimum absolute atomic E-state index is 0.0464. The summed E-state index contributed by atoms with van der Waals surface area (Å²) in [5.74, 6) is 0.884. The molecule has 1 aliphatic rings. The highest BCUT2D eigenvalue weighted by molar-refractivity contribution is 5.88. The predicted octanol–water partition coefficient (Wildman–Crippen LogP) is 3.75. The molecule has 0 spiro atoms. The third kappa shape index (κ3) is 3.58. The summed E-state index contributed by atoms with van der Waals surface area (Å²) in [4.78, 5) is 24.6. The van der Waals surface area contributed by atoms with Gasteiger partial charge in [0.1, 0.15) is 18.1 Å². The Bertz CT molecular complexity index is 1110. The maximum absolute atomic E-state index is 12.5. The fraction of sp³-hybridized carbons (Fsp3) is 0.333. The van der Waals surface area contributed by atoms with Gasteiger partial charge in [0.25, 0.3) is 5.56 Å². The maximum atomic E-state index is 12.5. The second-order valence-electron chi connectivity index (χ2n) is 7.65. The van der Waals surface area contributed by atoms with Crippen LogP contribution in [0.15, 0.2) is 59.4 Å². The monoisotopic (exact) mass is 391 g/mol. The molecule has 0 atom stereocenters. The normalized spacial score (nSPS) is 15.9. The number of fused-ring (bicyclic) bond motifs is 1. The number of Topliss-reactive ketones (excluding diaryl/α,β-unsaturated/α-hetero) is 1. The molecule has 0 radical (unpaired) electrons. The topological polar surface area (TPSA) is 57.5 Å². The van der Waals surface area contributed by atoms with Crippen molar-refractivity contribution in [2.24, 2.45) is 7.05 Å². The smallest absolute Gasteiger partial charge is 0.250 e. The Labute approximate surface area is 169 Å². The van der Waals surface area contributed by atoms with Gasteiger partial charge in [-0.05, 0) is 48.9 Å². The van der Waals surface area contributed by atoms with Crippen molar-refractivity contribution in [3.63, 3.8) is 0 Å². The number of aryl methyl sites for hydroxylation is 1. The van der Waals surface area contributed by atoms with E-state index in [4.69, 9.17) is 9.47 Å². The standard InChI is InChI=1S/C24H25NO4/c1-17(26)24(11-13-28-14-12-24)20-7-4-8-21(15-20)29-16-19-6-3-5-18-9-10-22(27)25(2)23(18)19/h3-10,15H,11-14,16H2,1-2H3. The largest absolute Gasteiger partial charge is 0.489 e. The second-order valence-corrected chi connectivity index (χ2v) is 7.65. The molecule has 1 fully saturated rings. The van der Waals surface area contributed by atoms with Crippen LogP contribution < -0.4 is 10.3 Å². The summed E-state index contributed by atoms with van der Waals surface area (Å²) in [6.07, 6.45) is 1.38. The van der Waals surface area contributed by atoms with Crippen LogP contribution in [-0.4, -0.2) is 23.6 Å². The number of rotatable bonds is 5. The number of carbonyl (C=O) groups excluding carboxylic acids is 1. The van der Waals surface area contributed by atoms with E-state index in [9.17, 15) is 9.59 Å². The van der Waals surface area contributed by atoms with Crippen molar-refractivity contribution in [1.29, 1.82) is 0 Å². The maximum Gasteiger partial charge on any atom is 0.250 e. The van der Waals surface area contributed by atoms with E-state index < -0.39 is 5.41 Å². The summed E-state index contributed by atoms with van der Waals surface area (Å²) in [6, 6.07) is 17.1. The Balaban J connectivity index is 1.63. The minimum atomic E-state index is -0.499. The van der Waals surface area contributed by atoms with Crippen molar-refractivity contribution in [2.45, 2.75) is 31.8 Å². The molecule has 0 unspecified atom stereocenters. The Hall–Kier alpha value is -2.92. The van der Waals surface area contributed by atoms with E-state index in [0.29, 0.717) is 38.4 Å². The zero-order chi connectivity index (χ0) is 20.4. The van der Waals surface area contributed by atoms with Crippen LogP contribution in [0.1, 0.15) is 30.9 Å². The summed E-state index contributed by atoms with van der Waals surface area (Å²) >= 11 is 0. The van der Waals surface area contributed by atoms with E-state index in [0.717, 1.165) is 22.0 Å². The first-order valence-electron chi connectivity index (χ1n) is 9.91. The summed E-state index contributed by atoms with van der Waals surface area (Å²) in [5.41, 5.74) is 2.26. The summed E-state index contributed by atoms with van der Waals surface area (Å²) in [7, 11) is 1.77. The van der Waals surface area contributed by atoms with E-state index in [-0.39, 0.29) is 11.3 Å². The van der Waals surface area contributed by atoms with E-state index >= 15 is 0 Å². The quantitative estimate of drug-likeness (QED) is 0.665. The Kier molecular flexibility index (Phi) is 5.24. The number of hydrogen-bond donors (Lipinski definition) is 0. The highest BCUT2D eigenvalue weighted by atomic mass is 16.5. The number of carbonyl (C=O) groups is 1. The van der Waals surface area contributed by atoms with Crippen LogP contribution in [0, 0.1) is 0 Å². The number of benzene rings is 2. The van der Waals surface area contributed by atoms with Gasteiger partial charge in [0, 0.05) is 31.9 Å². The Morgan fingerprint density at radius 2 is 1.86 bits per heavy atom. The van der Waals surface area contributed by atoms with Gasteiger partial charge < -0.3 is 14.0 Å². The number of ether oxygens (including phenoxy) is 2. The molecule has 5 heteroatoms. The zero-order valence-electron chi connectivity index (χ0n) is 16.8. The van der Waals surface area contributed by atoms with Crippen molar-refractivity contribution in [2.75, 3.05) is 13.2 Å². The molecule has 4 rings (SSSR count). The fourth-order valence-electron chi connectivity index (χ4n) is 4.26. The van der Waals surface area contributed by atoms with E-state index in [1.54, 1.807) is 24.6 Å². The molecule has 29 heavy (non-hydrogen) atoms. The molecule has 0 saturated carbocycles. The van der Waals surface area contributed by atoms with Gasteiger partial charge in [-0.2, -0.15) is 0 Å². The lowest BCUT2D eigenvalue weighted by molar-refractivity contribution is -0.126. The Morgan fingerprint density at radius 3 is 2.62 bits per heavy atom. The molecule has 0 aliphatic carbocycles. The zero-order valence-corrected chi connectivity index (χ0v) is 16.8. The lowest BCUT2D eigenvalue weighted by atomic mass is 9.71. The highest BCUT2D eigenvalue weighted by Gasteiger charge is 2.39. The summed E-state index contributed by atoms with van der Waals surface area (Å²) in [5, 5.41) is 1.000. The molecule has 150 valence electrons. The fourth-order valence-corrected chi connectivity index (χ4v) is 4.26. The number of ketones is 1. The predicted molar refractivity (Wildman–Crippen MR) is 112 cm³/mol. The molecule has 1 saturated heterocycles. The van der Waals surface area contributed by atoms with Gasteiger partial charge in [-0.15, -0.1) is 0 Å². The minimum Gasteiger partial charge on any atom is -0.489 e. The Morgan fingerprint density at radius 1 is 1.10 bits per heavy atom. The molecule has 3 aromatic rings. The van der Waals surface area contributed by atoms with Crippen molar-refractivity contribution >= 4 is 16.7 Å². The van der Waals surface area contributed by atoms with Crippen molar-refractivity contribution < 1.29 is 14.3 Å². The van der Waals surface area contributed by atoms with Crippen LogP contribution >= 0.6 is 0 Å². The third-order valence-electron chi connectivity index (χ3n) is 6.02. The lowest BCUT2D eigenvalue weighted by Gasteiger charge is -2.35. The third-order valence-corrected chi connectivity index (χ3v) is 6.02. The van der Waals surface area contributed by atoms with Gasteiger partial charge in [0.05, 0.1) is 10.9 Å². The van der Waals surface area contributed by atoms with Crippen LogP contribution in [0.3, 0.4) is 0 Å². The summed E-state index contributed by atoms with van der Waals surface area (Å²) < 4.78 is 13.2. The number of para-hydroxylation sites is 1. The van der Waals surface area contributed by atoms with Gasteiger partial charge in [-0.3, -0.25) is 9.59 Å². The van der Waals surface area contributed by atoms with Crippen molar-refractivity contribution in [3.8, 4) is 5.75 Å². The van der Waals surface area contributed by atoms with E-state index in [2.05, 4.69) is 0 Å². The molecule has 5 nitrogen and oxygen atoms in total. The molecule has 0 N–H and O–H groups in total. The molecule has 1 aliphatic heterocycles.